The first-order valence-corrected chi connectivity index (χ1v) is 6.83. The van der Waals surface area contributed by atoms with Crippen LogP contribution < -0.4 is 5.32 Å². The van der Waals surface area contributed by atoms with Crippen molar-refractivity contribution in [3.8, 4) is 0 Å². The summed E-state index contributed by atoms with van der Waals surface area (Å²) in [5.41, 5.74) is 0.239. The molecule has 0 amide bonds. The molecule has 0 aromatic heterocycles. The molecule has 0 aliphatic heterocycles. The molecule has 0 heterocycles. The Morgan fingerprint density at radius 3 is 2.75 bits per heavy atom. The highest BCUT2D eigenvalue weighted by Crippen LogP contribution is 2.38. The highest BCUT2D eigenvalue weighted by molar-refractivity contribution is 4.91. The normalized spacial score (nSPS) is 22.8. The smallest absolute Gasteiger partial charge is 0.0694 e. The summed E-state index contributed by atoms with van der Waals surface area (Å²) >= 11 is 0. The maximum atomic E-state index is 6.08. The van der Waals surface area contributed by atoms with Gasteiger partial charge in [0.05, 0.1) is 5.60 Å². The molecule has 16 heavy (non-hydrogen) atoms. The van der Waals surface area contributed by atoms with Crippen molar-refractivity contribution in [3.63, 3.8) is 0 Å². The second-order valence-corrected chi connectivity index (χ2v) is 5.29. The molecule has 0 bridgehead atoms. The van der Waals surface area contributed by atoms with Crippen molar-refractivity contribution in [3.05, 3.63) is 12.7 Å². The summed E-state index contributed by atoms with van der Waals surface area (Å²) in [6.07, 6.45) is 12.0. The molecule has 2 fully saturated rings. The quantitative estimate of drug-likeness (QED) is 0.479. The van der Waals surface area contributed by atoms with Gasteiger partial charge < -0.3 is 10.1 Å². The van der Waals surface area contributed by atoms with Crippen LogP contribution >= 0.6 is 0 Å². The fourth-order valence-corrected chi connectivity index (χ4v) is 2.35. The first kappa shape index (κ1) is 12.1. The average molecular weight is 223 g/mol. The van der Waals surface area contributed by atoms with E-state index in [1.54, 1.807) is 0 Å². The van der Waals surface area contributed by atoms with Crippen molar-refractivity contribution in [2.75, 3.05) is 13.2 Å². The fourth-order valence-electron chi connectivity index (χ4n) is 2.35. The predicted molar refractivity (Wildman–Crippen MR) is 67.6 cm³/mol. The number of ether oxygens (including phenoxy) is 1. The standard InChI is InChI=1S/C14H25NO/c1-2-3-4-12-16-14(8-5-9-14)10-11-15-13-6-7-13/h2,13,15H,1,3-12H2. The van der Waals surface area contributed by atoms with Crippen molar-refractivity contribution in [1.82, 2.24) is 5.32 Å². The van der Waals surface area contributed by atoms with Gasteiger partial charge in [-0.2, -0.15) is 0 Å². The predicted octanol–water partition coefficient (Wildman–Crippen LogP) is 3.03. The maximum absolute atomic E-state index is 6.08. The van der Waals surface area contributed by atoms with Gasteiger partial charge in [-0.15, -0.1) is 6.58 Å². The van der Waals surface area contributed by atoms with Gasteiger partial charge in [-0.1, -0.05) is 6.08 Å². The first-order valence-electron chi connectivity index (χ1n) is 6.83. The van der Waals surface area contributed by atoms with Crippen LogP contribution in [0.4, 0.5) is 0 Å². The third-order valence-electron chi connectivity index (χ3n) is 3.82. The summed E-state index contributed by atoms with van der Waals surface area (Å²) in [5, 5.41) is 3.59. The summed E-state index contributed by atoms with van der Waals surface area (Å²) in [6, 6.07) is 0.831. The van der Waals surface area contributed by atoms with Crippen LogP contribution in [0.3, 0.4) is 0 Å². The van der Waals surface area contributed by atoms with E-state index in [0.29, 0.717) is 0 Å². The van der Waals surface area contributed by atoms with E-state index < -0.39 is 0 Å². The number of rotatable bonds is 9. The van der Waals surface area contributed by atoms with Gasteiger partial charge in [-0.25, -0.2) is 0 Å². The van der Waals surface area contributed by atoms with Crippen LogP contribution in [0, 0.1) is 0 Å². The highest BCUT2D eigenvalue weighted by atomic mass is 16.5. The molecule has 0 unspecified atom stereocenters. The Balaban J connectivity index is 1.58. The van der Waals surface area contributed by atoms with Crippen LogP contribution in [0.2, 0.25) is 0 Å². The third-order valence-corrected chi connectivity index (χ3v) is 3.82. The molecule has 2 rings (SSSR count). The van der Waals surface area contributed by atoms with E-state index in [1.165, 1.54) is 38.5 Å². The van der Waals surface area contributed by atoms with Gasteiger partial charge in [-0.3, -0.25) is 0 Å². The zero-order valence-corrected chi connectivity index (χ0v) is 10.3. The van der Waals surface area contributed by atoms with Crippen LogP contribution in [0.15, 0.2) is 12.7 Å². The van der Waals surface area contributed by atoms with Crippen LogP contribution in [0.1, 0.15) is 51.4 Å². The molecule has 0 spiro atoms. The van der Waals surface area contributed by atoms with Crippen LogP contribution in [-0.4, -0.2) is 24.8 Å². The Labute approximate surface area is 99.4 Å². The summed E-state index contributed by atoms with van der Waals surface area (Å²) in [6.45, 7) is 5.80. The molecule has 92 valence electrons. The van der Waals surface area contributed by atoms with Crippen LogP contribution in [-0.2, 0) is 4.74 Å². The van der Waals surface area contributed by atoms with Gasteiger partial charge in [-0.05, 0) is 57.9 Å². The Kier molecular flexibility index (Phi) is 4.42. The lowest BCUT2D eigenvalue weighted by Crippen LogP contribution is -2.43. The third kappa shape index (κ3) is 3.60. The molecule has 2 aliphatic rings. The molecule has 2 heteroatoms. The number of allylic oxidation sites excluding steroid dienone is 1. The minimum Gasteiger partial charge on any atom is -0.375 e. The summed E-state index contributed by atoms with van der Waals surface area (Å²) in [5.74, 6) is 0. The van der Waals surface area contributed by atoms with E-state index in [-0.39, 0.29) is 5.60 Å². The minimum absolute atomic E-state index is 0.239. The number of nitrogens with one attached hydrogen (secondary N) is 1. The number of hydrogen-bond acceptors (Lipinski definition) is 2. The van der Waals surface area contributed by atoms with Gasteiger partial charge in [0.1, 0.15) is 0 Å². The first-order chi connectivity index (χ1) is 7.85. The van der Waals surface area contributed by atoms with E-state index in [2.05, 4.69) is 11.9 Å². The van der Waals surface area contributed by atoms with Crippen molar-refractivity contribution < 1.29 is 4.74 Å². The minimum atomic E-state index is 0.239. The summed E-state index contributed by atoms with van der Waals surface area (Å²) in [4.78, 5) is 0. The highest BCUT2D eigenvalue weighted by Gasteiger charge is 2.37. The molecule has 2 nitrogen and oxygen atoms in total. The average Bonchev–Trinajstić information content (AvgIpc) is 3.03. The lowest BCUT2D eigenvalue weighted by molar-refractivity contribution is -0.105. The topological polar surface area (TPSA) is 21.3 Å². The lowest BCUT2D eigenvalue weighted by atomic mass is 9.77. The molecular formula is C14H25NO. The Morgan fingerprint density at radius 1 is 1.38 bits per heavy atom. The zero-order chi connectivity index (χ0) is 11.3. The summed E-state index contributed by atoms with van der Waals surface area (Å²) < 4.78 is 6.08. The zero-order valence-electron chi connectivity index (χ0n) is 10.3. The molecule has 2 aliphatic carbocycles. The number of hydrogen-bond donors (Lipinski definition) is 1. The van der Waals surface area contributed by atoms with Crippen molar-refractivity contribution in [2.24, 2.45) is 0 Å². The largest absolute Gasteiger partial charge is 0.375 e. The molecule has 0 saturated heterocycles. The molecule has 2 saturated carbocycles. The Bertz CT molecular complexity index is 219. The Morgan fingerprint density at radius 2 is 2.19 bits per heavy atom. The van der Waals surface area contributed by atoms with E-state index in [0.717, 1.165) is 32.0 Å². The van der Waals surface area contributed by atoms with Crippen LogP contribution in [0.5, 0.6) is 0 Å². The molecule has 0 radical (unpaired) electrons. The van der Waals surface area contributed by atoms with Gasteiger partial charge in [0.15, 0.2) is 0 Å². The van der Waals surface area contributed by atoms with Gasteiger partial charge in [0.25, 0.3) is 0 Å². The van der Waals surface area contributed by atoms with Gasteiger partial charge >= 0.3 is 0 Å². The van der Waals surface area contributed by atoms with Crippen LogP contribution in [0.25, 0.3) is 0 Å². The van der Waals surface area contributed by atoms with Crippen molar-refractivity contribution in [1.29, 1.82) is 0 Å². The molecule has 0 atom stereocenters. The number of unbranched alkanes of at least 4 members (excludes halogenated alkanes) is 1. The van der Waals surface area contributed by atoms with Crippen molar-refractivity contribution in [2.45, 2.75) is 63.0 Å². The second kappa shape index (κ2) is 5.83. The molecule has 0 aromatic rings. The summed E-state index contributed by atoms with van der Waals surface area (Å²) in [7, 11) is 0. The van der Waals surface area contributed by atoms with E-state index in [4.69, 9.17) is 4.74 Å². The monoisotopic (exact) mass is 223 g/mol. The lowest BCUT2D eigenvalue weighted by Gasteiger charge is -2.42. The van der Waals surface area contributed by atoms with Gasteiger partial charge in [0.2, 0.25) is 0 Å². The van der Waals surface area contributed by atoms with E-state index in [9.17, 15) is 0 Å². The molecular weight excluding hydrogens is 198 g/mol. The van der Waals surface area contributed by atoms with E-state index >= 15 is 0 Å². The molecule has 0 aromatic carbocycles. The van der Waals surface area contributed by atoms with E-state index in [1.807, 2.05) is 6.08 Å². The van der Waals surface area contributed by atoms with Crippen molar-refractivity contribution >= 4 is 0 Å². The molecule has 1 N–H and O–H groups in total. The van der Waals surface area contributed by atoms with Gasteiger partial charge in [0, 0.05) is 12.6 Å². The second-order valence-electron chi connectivity index (χ2n) is 5.29. The Hall–Kier alpha value is -0.340. The SMILES string of the molecule is C=CCCCOC1(CCNC2CC2)CCC1. The fraction of sp³-hybridized carbons (Fsp3) is 0.857. The maximum Gasteiger partial charge on any atom is 0.0694 e.